The number of hydrogen-bond donors (Lipinski definition) is 0. The van der Waals surface area contributed by atoms with Crippen LogP contribution < -0.4 is 0 Å². The number of amides is 1. The third-order valence-corrected chi connectivity index (χ3v) is 3.31. The minimum Gasteiger partial charge on any atom is -0.275 e. The Hall–Kier alpha value is -0.900. The van der Waals surface area contributed by atoms with Crippen LogP contribution in [0.2, 0.25) is 0 Å². The molecule has 0 bridgehead atoms. The molecule has 0 aliphatic rings. The van der Waals surface area contributed by atoms with Crippen molar-refractivity contribution in [3.8, 4) is 0 Å². The molecule has 1 unspecified atom stereocenters. The van der Waals surface area contributed by atoms with Gasteiger partial charge in [-0.1, -0.05) is 44.8 Å². The minimum atomic E-state index is -1.05. The van der Waals surface area contributed by atoms with Crippen LogP contribution >= 0.6 is 0 Å². The summed E-state index contributed by atoms with van der Waals surface area (Å²) in [5, 5.41) is 1.08. The van der Waals surface area contributed by atoms with E-state index in [0.29, 0.717) is 6.42 Å². The summed E-state index contributed by atoms with van der Waals surface area (Å²) < 4.78 is 13.6. The molecule has 3 nitrogen and oxygen atoms in total. The Morgan fingerprint density at radius 2 is 1.85 bits per heavy atom. The van der Waals surface area contributed by atoms with Crippen molar-refractivity contribution in [2.24, 2.45) is 0 Å². The summed E-state index contributed by atoms with van der Waals surface area (Å²) in [6.45, 7) is 2.14. The first-order chi connectivity index (χ1) is 9.61. The van der Waals surface area contributed by atoms with E-state index in [1.165, 1.54) is 27.0 Å². The molecule has 0 aliphatic carbocycles. The Morgan fingerprint density at radius 1 is 1.20 bits per heavy atom. The molecule has 0 fully saturated rings. The van der Waals surface area contributed by atoms with Crippen LogP contribution in [-0.2, 0) is 9.63 Å². The number of rotatable bonds is 12. The molecule has 0 rings (SSSR count). The molecule has 0 aromatic carbocycles. The Labute approximate surface area is 123 Å². The zero-order valence-electron chi connectivity index (χ0n) is 13.2. The molecule has 0 aliphatic heterocycles. The van der Waals surface area contributed by atoms with Gasteiger partial charge < -0.3 is 0 Å². The predicted octanol–water partition coefficient (Wildman–Crippen LogP) is 4.43. The lowest BCUT2D eigenvalue weighted by Crippen LogP contribution is -2.27. The molecule has 4 heteroatoms. The van der Waals surface area contributed by atoms with E-state index in [1.807, 2.05) is 0 Å². The topological polar surface area (TPSA) is 29.5 Å². The van der Waals surface area contributed by atoms with Crippen LogP contribution in [0.3, 0.4) is 0 Å². The van der Waals surface area contributed by atoms with Gasteiger partial charge in [0.2, 0.25) is 5.91 Å². The van der Waals surface area contributed by atoms with Crippen LogP contribution in [0.4, 0.5) is 4.39 Å². The zero-order chi connectivity index (χ0) is 15.2. The second-order valence-corrected chi connectivity index (χ2v) is 5.10. The Balaban J connectivity index is 3.41. The lowest BCUT2D eigenvalue weighted by Gasteiger charge is -2.15. The number of hydroxylamine groups is 2. The Kier molecular flexibility index (Phi) is 12.5. The van der Waals surface area contributed by atoms with Gasteiger partial charge in [0.05, 0.1) is 13.5 Å². The molecule has 0 saturated carbocycles. The number of unbranched alkanes of at least 4 members (excludes halogenated alkanes) is 5. The van der Waals surface area contributed by atoms with Crippen molar-refractivity contribution in [1.82, 2.24) is 5.06 Å². The first-order valence-corrected chi connectivity index (χ1v) is 7.71. The SMILES string of the molecule is CC/C=C\CCCCCCCC(F)CC(=O)N(C)OC. The van der Waals surface area contributed by atoms with E-state index >= 15 is 0 Å². The fourth-order valence-electron chi connectivity index (χ4n) is 1.96. The molecule has 118 valence electrons. The van der Waals surface area contributed by atoms with Gasteiger partial charge in [-0.25, -0.2) is 9.45 Å². The number of allylic oxidation sites excluding steroid dienone is 2. The summed E-state index contributed by atoms with van der Waals surface area (Å²) in [7, 11) is 2.91. The van der Waals surface area contributed by atoms with Crippen molar-refractivity contribution < 1.29 is 14.0 Å². The van der Waals surface area contributed by atoms with E-state index in [4.69, 9.17) is 4.84 Å². The normalized spacial score (nSPS) is 12.8. The maximum atomic E-state index is 13.6. The molecular formula is C16H30FNO2. The first-order valence-electron chi connectivity index (χ1n) is 7.71. The van der Waals surface area contributed by atoms with Crippen molar-refractivity contribution in [2.75, 3.05) is 14.2 Å². The quantitative estimate of drug-likeness (QED) is 0.302. The minimum absolute atomic E-state index is 0.0772. The number of carbonyl (C=O) groups excluding carboxylic acids is 1. The number of halogens is 1. The third-order valence-electron chi connectivity index (χ3n) is 3.31. The van der Waals surface area contributed by atoms with E-state index in [2.05, 4.69) is 19.1 Å². The summed E-state index contributed by atoms with van der Waals surface area (Å²) in [5.74, 6) is -0.303. The summed E-state index contributed by atoms with van der Waals surface area (Å²) >= 11 is 0. The van der Waals surface area contributed by atoms with Crippen molar-refractivity contribution in [2.45, 2.75) is 70.9 Å². The summed E-state index contributed by atoms with van der Waals surface area (Å²) in [4.78, 5) is 16.1. The van der Waals surface area contributed by atoms with Gasteiger partial charge in [-0.15, -0.1) is 0 Å². The van der Waals surface area contributed by atoms with E-state index in [-0.39, 0.29) is 12.3 Å². The van der Waals surface area contributed by atoms with Gasteiger partial charge in [-0.3, -0.25) is 9.63 Å². The average molecular weight is 287 g/mol. The van der Waals surface area contributed by atoms with Crippen molar-refractivity contribution in [3.05, 3.63) is 12.2 Å². The zero-order valence-corrected chi connectivity index (χ0v) is 13.2. The van der Waals surface area contributed by atoms with Crippen LogP contribution in [0.5, 0.6) is 0 Å². The second kappa shape index (κ2) is 13.1. The van der Waals surface area contributed by atoms with Gasteiger partial charge in [-0.2, -0.15) is 0 Å². The lowest BCUT2D eigenvalue weighted by atomic mass is 10.1. The number of hydrogen-bond acceptors (Lipinski definition) is 2. The van der Waals surface area contributed by atoms with E-state index in [9.17, 15) is 9.18 Å². The second-order valence-electron chi connectivity index (χ2n) is 5.10. The number of nitrogens with zero attached hydrogens (tertiary/aromatic N) is 1. The van der Waals surface area contributed by atoms with Crippen molar-refractivity contribution in [3.63, 3.8) is 0 Å². The molecule has 0 aromatic heterocycles. The van der Waals surface area contributed by atoms with Gasteiger partial charge in [0.15, 0.2) is 0 Å². The van der Waals surface area contributed by atoms with Crippen LogP contribution in [0, 0.1) is 0 Å². The van der Waals surface area contributed by atoms with E-state index < -0.39 is 6.17 Å². The van der Waals surface area contributed by atoms with E-state index in [1.54, 1.807) is 0 Å². The molecule has 1 atom stereocenters. The molecule has 0 saturated heterocycles. The van der Waals surface area contributed by atoms with Gasteiger partial charge in [0.1, 0.15) is 6.17 Å². The Morgan fingerprint density at radius 3 is 2.50 bits per heavy atom. The molecule has 0 spiro atoms. The molecular weight excluding hydrogens is 257 g/mol. The van der Waals surface area contributed by atoms with Crippen LogP contribution in [0.1, 0.15) is 64.7 Å². The maximum Gasteiger partial charge on any atom is 0.248 e. The number of alkyl halides is 1. The largest absolute Gasteiger partial charge is 0.275 e. The van der Waals surface area contributed by atoms with Crippen molar-refractivity contribution in [1.29, 1.82) is 0 Å². The van der Waals surface area contributed by atoms with Gasteiger partial charge in [0, 0.05) is 7.05 Å². The maximum absolute atomic E-state index is 13.6. The van der Waals surface area contributed by atoms with E-state index in [0.717, 1.165) is 37.2 Å². The highest BCUT2D eigenvalue weighted by atomic mass is 19.1. The summed E-state index contributed by atoms with van der Waals surface area (Å²) in [5.41, 5.74) is 0. The number of carbonyl (C=O) groups is 1. The highest BCUT2D eigenvalue weighted by Crippen LogP contribution is 2.13. The van der Waals surface area contributed by atoms with Gasteiger partial charge in [-0.05, 0) is 25.7 Å². The van der Waals surface area contributed by atoms with Crippen molar-refractivity contribution >= 4 is 5.91 Å². The van der Waals surface area contributed by atoms with Gasteiger partial charge >= 0.3 is 0 Å². The van der Waals surface area contributed by atoms with Gasteiger partial charge in [0.25, 0.3) is 0 Å². The standard InChI is InChI=1S/C16H30FNO2/c1-4-5-6-7-8-9-10-11-12-13-15(17)14-16(19)18(2)20-3/h5-6,15H,4,7-14H2,1-3H3/b6-5-. The highest BCUT2D eigenvalue weighted by molar-refractivity contribution is 5.75. The van der Waals surface area contributed by atoms with Crippen LogP contribution in [0.15, 0.2) is 12.2 Å². The summed E-state index contributed by atoms with van der Waals surface area (Å²) in [6, 6.07) is 0. The molecule has 0 radical (unpaired) electrons. The highest BCUT2D eigenvalue weighted by Gasteiger charge is 2.15. The van der Waals surface area contributed by atoms with Crippen LogP contribution in [-0.4, -0.2) is 31.3 Å². The molecule has 0 N–H and O–H groups in total. The average Bonchev–Trinajstić information content (AvgIpc) is 2.44. The molecule has 1 amide bonds. The summed E-state index contributed by atoms with van der Waals surface area (Å²) in [6.07, 6.45) is 11.5. The fourth-order valence-corrected chi connectivity index (χ4v) is 1.96. The molecule has 20 heavy (non-hydrogen) atoms. The van der Waals surface area contributed by atoms with Crippen LogP contribution in [0.25, 0.3) is 0 Å². The monoisotopic (exact) mass is 287 g/mol. The third kappa shape index (κ3) is 11.0. The fraction of sp³-hybridized carbons (Fsp3) is 0.812. The lowest BCUT2D eigenvalue weighted by molar-refractivity contribution is -0.169. The molecule has 0 aromatic rings. The predicted molar refractivity (Wildman–Crippen MR) is 81.0 cm³/mol. The smallest absolute Gasteiger partial charge is 0.248 e. The molecule has 0 heterocycles. The Bertz CT molecular complexity index is 269. The first kappa shape index (κ1) is 19.1.